The number of fused-ring (bicyclic) bond motifs is 1. The van der Waals surface area contributed by atoms with Crippen molar-refractivity contribution in [1.29, 1.82) is 0 Å². The van der Waals surface area contributed by atoms with Crippen molar-refractivity contribution in [2.24, 2.45) is 5.73 Å². The van der Waals surface area contributed by atoms with Crippen molar-refractivity contribution in [2.45, 2.75) is 31.6 Å². The van der Waals surface area contributed by atoms with Crippen molar-refractivity contribution in [3.05, 3.63) is 50.2 Å². The molecule has 1 atom stereocenters. The van der Waals surface area contributed by atoms with Gasteiger partial charge >= 0.3 is 0 Å². The lowest BCUT2D eigenvalue weighted by atomic mass is 9.91. The Morgan fingerprint density at radius 1 is 1.45 bits per heavy atom. The molecule has 20 heavy (non-hydrogen) atoms. The zero-order valence-corrected chi connectivity index (χ0v) is 12.6. The molecular formula is C15H16ClFN2S. The van der Waals surface area contributed by atoms with Crippen LogP contribution in [0.1, 0.15) is 39.9 Å². The molecule has 0 bridgehead atoms. The fourth-order valence-electron chi connectivity index (χ4n) is 2.69. The van der Waals surface area contributed by atoms with E-state index in [1.54, 1.807) is 17.4 Å². The Hall–Kier alpha value is -0.970. The Balaban J connectivity index is 1.87. The molecule has 0 aliphatic heterocycles. The maximum absolute atomic E-state index is 13.1. The number of nitrogens with two attached hydrogens (primary N) is 1. The minimum Gasteiger partial charge on any atom is -0.330 e. The van der Waals surface area contributed by atoms with Gasteiger partial charge in [0.05, 0.1) is 10.7 Å². The highest BCUT2D eigenvalue weighted by atomic mass is 35.5. The molecule has 0 radical (unpaired) electrons. The molecule has 0 amide bonds. The van der Waals surface area contributed by atoms with E-state index >= 15 is 0 Å². The largest absolute Gasteiger partial charge is 0.330 e. The van der Waals surface area contributed by atoms with Crippen LogP contribution >= 0.6 is 22.9 Å². The van der Waals surface area contributed by atoms with Gasteiger partial charge in [0.1, 0.15) is 5.82 Å². The van der Waals surface area contributed by atoms with Crippen molar-refractivity contribution in [1.82, 2.24) is 4.98 Å². The summed E-state index contributed by atoms with van der Waals surface area (Å²) < 4.78 is 13.1. The van der Waals surface area contributed by atoms with Gasteiger partial charge in [-0.2, -0.15) is 0 Å². The van der Waals surface area contributed by atoms with Gasteiger partial charge in [-0.3, -0.25) is 0 Å². The minimum absolute atomic E-state index is 0.305. The van der Waals surface area contributed by atoms with Crippen LogP contribution in [0.2, 0.25) is 5.02 Å². The summed E-state index contributed by atoms with van der Waals surface area (Å²) in [4.78, 5) is 6.11. The maximum atomic E-state index is 13.1. The summed E-state index contributed by atoms with van der Waals surface area (Å²) in [6.07, 6.45) is 4.08. The Bertz CT molecular complexity index is 626. The smallest absolute Gasteiger partial charge is 0.124 e. The molecule has 2 aromatic rings. The van der Waals surface area contributed by atoms with Crippen LogP contribution in [-0.4, -0.2) is 11.5 Å². The minimum atomic E-state index is -0.305. The predicted octanol–water partition coefficient (Wildman–Crippen LogP) is 3.91. The topological polar surface area (TPSA) is 38.9 Å². The number of hydrogen-bond acceptors (Lipinski definition) is 3. The van der Waals surface area contributed by atoms with Crippen LogP contribution in [0.15, 0.2) is 18.2 Å². The van der Waals surface area contributed by atoms with E-state index in [2.05, 4.69) is 0 Å². The number of aryl methyl sites for hydroxylation is 1. The zero-order valence-electron chi connectivity index (χ0n) is 11.0. The van der Waals surface area contributed by atoms with E-state index < -0.39 is 0 Å². The van der Waals surface area contributed by atoms with Gasteiger partial charge in [-0.25, -0.2) is 9.37 Å². The zero-order chi connectivity index (χ0) is 14.1. The lowest BCUT2D eigenvalue weighted by Crippen LogP contribution is -2.17. The first-order chi connectivity index (χ1) is 9.67. The molecule has 106 valence electrons. The van der Waals surface area contributed by atoms with Crippen LogP contribution in [0.3, 0.4) is 0 Å². The SMILES string of the molecule is NCC1CCCc2sc(Cc3ccc(F)cc3Cl)nc21. The third-order valence-corrected chi connectivity index (χ3v) is 5.24. The highest BCUT2D eigenvalue weighted by Crippen LogP contribution is 2.35. The van der Waals surface area contributed by atoms with Gasteiger partial charge in [-0.1, -0.05) is 17.7 Å². The van der Waals surface area contributed by atoms with Gasteiger partial charge in [0.2, 0.25) is 0 Å². The molecule has 0 saturated carbocycles. The predicted molar refractivity (Wildman–Crippen MR) is 81.1 cm³/mol. The van der Waals surface area contributed by atoms with E-state index in [1.807, 2.05) is 0 Å². The Morgan fingerprint density at radius 2 is 2.30 bits per heavy atom. The first kappa shape index (κ1) is 14.0. The average Bonchev–Trinajstić information content (AvgIpc) is 2.84. The molecule has 0 spiro atoms. The number of rotatable bonds is 3. The monoisotopic (exact) mass is 310 g/mol. The van der Waals surface area contributed by atoms with E-state index in [0.29, 0.717) is 23.9 Å². The number of aromatic nitrogens is 1. The number of hydrogen-bond donors (Lipinski definition) is 1. The van der Waals surface area contributed by atoms with Crippen molar-refractivity contribution >= 4 is 22.9 Å². The van der Waals surface area contributed by atoms with Gasteiger partial charge in [0.15, 0.2) is 0 Å². The summed E-state index contributed by atoms with van der Waals surface area (Å²) in [7, 11) is 0. The molecule has 1 aliphatic rings. The second kappa shape index (κ2) is 5.80. The van der Waals surface area contributed by atoms with Crippen LogP contribution in [-0.2, 0) is 12.8 Å². The summed E-state index contributed by atoms with van der Waals surface area (Å²) in [5.41, 5.74) is 7.92. The van der Waals surface area contributed by atoms with Crippen LogP contribution in [0, 0.1) is 5.82 Å². The van der Waals surface area contributed by atoms with E-state index in [4.69, 9.17) is 22.3 Å². The first-order valence-electron chi connectivity index (χ1n) is 6.80. The maximum Gasteiger partial charge on any atom is 0.124 e. The summed E-state index contributed by atoms with van der Waals surface area (Å²) in [5.74, 6) is 0.0906. The average molecular weight is 311 g/mol. The fraction of sp³-hybridized carbons (Fsp3) is 0.400. The summed E-state index contributed by atoms with van der Waals surface area (Å²) in [5, 5.41) is 1.51. The molecule has 0 saturated heterocycles. The highest BCUT2D eigenvalue weighted by Gasteiger charge is 2.23. The quantitative estimate of drug-likeness (QED) is 0.933. The van der Waals surface area contributed by atoms with Gasteiger partial charge < -0.3 is 5.73 Å². The second-order valence-corrected chi connectivity index (χ2v) is 6.73. The van der Waals surface area contributed by atoms with Crippen molar-refractivity contribution in [3.63, 3.8) is 0 Å². The molecule has 2 N–H and O–H groups in total. The fourth-order valence-corrected chi connectivity index (χ4v) is 4.14. The molecular weight excluding hydrogens is 295 g/mol. The third kappa shape index (κ3) is 2.73. The normalized spacial score (nSPS) is 18.1. The molecule has 1 unspecified atom stereocenters. The van der Waals surface area contributed by atoms with Gasteiger partial charge in [0, 0.05) is 28.8 Å². The summed E-state index contributed by atoms with van der Waals surface area (Å²) in [6.45, 7) is 0.660. The summed E-state index contributed by atoms with van der Waals surface area (Å²) >= 11 is 7.82. The standard InChI is InChI=1S/C15H16ClFN2S/c16-12-7-11(17)5-4-9(12)6-14-19-15-10(8-18)2-1-3-13(15)20-14/h4-5,7,10H,1-3,6,8,18H2. The molecule has 1 aliphatic carbocycles. The third-order valence-electron chi connectivity index (χ3n) is 3.76. The molecule has 0 fully saturated rings. The van der Waals surface area contributed by atoms with E-state index in [0.717, 1.165) is 23.4 Å². The van der Waals surface area contributed by atoms with Gasteiger partial charge in [-0.05, 0) is 37.0 Å². The van der Waals surface area contributed by atoms with Crippen LogP contribution < -0.4 is 5.73 Å². The van der Waals surface area contributed by atoms with Crippen LogP contribution in [0.5, 0.6) is 0 Å². The van der Waals surface area contributed by atoms with Crippen LogP contribution in [0.4, 0.5) is 4.39 Å². The van der Waals surface area contributed by atoms with E-state index in [1.165, 1.54) is 29.1 Å². The van der Waals surface area contributed by atoms with E-state index in [9.17, 15) is 4.39 Å². The molecule has 2 nitrogen and oxygen atoms in total. The lowest BCUT2D eigenvalue weighted by Gasteiger charge is -2.18. The number of nitrogens with zero attached hydrogens (tertiary/aromatic N) is 1. The van der Waals surface area contributed by atoms with Gasteiger partial charge in [-0.15, -0.1) is 11.3 Å². The summed E-state index contributed by atoms with van der Waals surface area (Å²) in [6, 6.07) is 4.53. The Labute approximate surface area is 126 Å². The lowest BCUT2D eigenvalue weighted by molar-refractivity contribution is 0.553. The molecule has 5 heteroatoms. The molecule has 1 aromatic carbocycles. The van der Waals surface area contributed by atoms with Crippen LogP contribution in [0.25, 0.3) is 0 Å². The number of benzene rings is 1. The Kier molecular flexibility index (Phi) is 4.06. The number of halogens is 2. The van der Waals surface area contributed by atoms with Crippen molar-refractivity contribution in [3.8, 4) is 0 Å². The van der Waals surface area contributed by atoms with Gasteiger partial charge in [0.25, 0.3) is 0 Å². The van der Waals surface area contributed by atoms with E-state index in [-0.39, 0.29) is 5.82 Å². The van der Waals surface area contributed by atoms with Crippen molar-refractivity contribution < 1.29 is 4.39 Å². The van der Waals surface area contributed by atoms with Crippen molar-refractivity contribution in [2.75, 3.05) is 6.54 Å². The second-order valence-electron chi connectivity index (χ2n) is 5.15. The molecule has 1 aromatic heterocycles. The first-order valence-corrected chi connectivity index (χ1v) is 7.99. The number of thiazole rings is 1. The molecule has 3 rings (SSSR count). The highest BCUT2D eigenvalue weighted by molar-refractivity contribution is 7.11. The Morgan fingerprint density at radius 3 is 3.05 bits per heavy atom. The molecule has 1 heterocycles.